The molecule has 1 saturated heterocycles. The Morgan fingerprint density at radius 3 is 2.86 bits per heavy atom. The topological polar surface area (TPSA) is 62.6 Å². The van der Waals surface area contributed by atoms with Gasteiger partial charge in [0.15, 0.2) is 5.76 Å². The average Bonchev–Trinajstić information content (AvgIpc) is 3.18. The zero-order valence-electron chi connectivity index (χ0n) is 12.4. The molecule has 2 aromatic rings. The van der Waals surface area contributed by atoms with Gasteiger partial charge in [0.25, 0.3) is 5.91 Å². The zero-order chi connectivity index (χ0) is 15.5. The van der Waals surface area contributed by atoms with Crippen molar-refractivity contribution in [2.24, 2.45) is 0 Å². The first-order valence-corrected chi connectivity index (χ1v) is 7.37. The molecule has 22 heavy (non-hydrogen) atoms. The van der Waals surface area contributed by atoms with Crippen molar-refractivity contribution in [3.8, 4) is 0 Å². The molecule has 0 unspecified atom stereocenters. The summed E-state index contributed by atoms with van der Waals surface area (Å²) in [5.74, 6) is -0.106. The Labute approximate surface area is 128 Å². The van der Waals surface area contributed by atoms with E-state index in [1.54, 1.807) is 17.0 Å². The van der Waals surface area contributed by atoms with Gasteiger partial charge in [-0.25, -0.2) is 0 Å². The third-order valence-electron chi connectivity index (χ3n) is 3.83. The minimum absolute atomic E-state index is 0.150. The first kappa shape index (κ1) is 14.4. The molecule has 2 amide bonds. The van der Waals surface area contributed by atoms with Crippen LogP contribution in [0.4, 0.5) is 5.69 Å². The van der Waals surface area contributed by atoms with Gasteiger partial charge in [0.2, 0.25) is 5.91 Å². The summed E-state index contributed by atoms with van der Waals surface area (Å²) < 4.78 is 5.15. The molecular weight excluding hydrogens is 280 g/mol. The molecular formula is C17H18N2O3. The van der Waals surface area contributed by atoms with Crippen LogP contribution in [-0.4, -0.2) is 29.3 Å². The molecule has 1 N–H and O–H groups in total. The lowest BCUT2D eigenvalue weighted by Gasteiger charge is -2.23. The van der Waals surface area contributed by atoms with Crippen LogP contribution in [0.15, 0.2) is 47.1 Å². The highest BCUT2D eigenvalue weighted by molar-refractivity contribution is 6.00. The lowest BCUT2D eigenvalue weighted by atomic mass is 10.1. The van der Waals surface area contributed by atoms with Crippen molar-refractivity contribution >= 4 is 17.5 Å². The summed E-state index contributed by atoms with van der Waals surface area (Å²) in [6.45, 7) is 2.55. The number of carbonyl (C=O) groups is 2. The molecule has 5 heteroatoms. The molecule has 1 fully saturated rings. The highest BCUT2D eigenvalue weighted by atomic mass is 16.3. The highest BCUT2D eigenvalue weighted by Crippen LogP contribution is 2.22. The number of anilines is 1. The van der Waals surface area contributed by atoms with Gasteiger partial charge in [-0.1, -0.05) is 12.1 Å². The number of aryl methyl sites for hydroxylation is 1. The predicted molar refractivity (Wildman–Crippen MR) is 82.6 cm³/mol. The number of benzene rings is 1. The lowest BCUT2D eigenvalue weighted by Crippen LogP contribution is -2.43. The van der Waals surface area contributed by atoms with Crippen molar-refractivity contribution in [2.45, 2.75) is 25.8 Å². The minimum Gasteiger partial charge on any atom is -0.459 e. The highest BCUT2D eigenvalue weighted by Gasteiger charge is 2.35. The number of furan rings is 1. The third kappa shape index (κ3) is 2.88. The van der Waals surface area contributed by atoms with Crippen LogP contribution in [-0.2, 0) is 4.79 Å². The monoisotopic (exact) mass is 298 g/mol. The standard InChI is InChI=1S/C17H18N2O3/c1-12-5-2-6-13(11-12)18-16(20)14-7-3-9-19(14)17(21)15-8-4-10-22-15/h2,4-6,8,10-11,14H,3,7,9H2,1H3,(H,18,20)/t14-/m0/s1. The van der Waals surface area contributed by atoms with E-state index in [1.165, 1.54) is 6.26 Å². The van der Waals surface area contributed by atoms with Gasteiger partial charge in [-0.2, -0.15) is 0 Å². The van der Waals surface area contributed by atoms with Crippen molar-refractivity contribution in [1.82, 2.24) is 4.90 Å². The van der Waals surface area contributed by atoms with E-state index in [0.717, 1.165) is 17.7 Å². The van der Waals surface area contributed by atoms with E-state index >= 15 is 0 Å². The third-order valence-corrected chi connectivity index (χ3v) is 3.83. The molecule has 0 aliphatic carbocycles. The summed E-state index contributed by atoms with van der Waals surface area (Å²) in [7, 11) is 0. The first-order chi connectivity index (χ1) is 10.6. The van der Waals surface area contributed by atoms with Gasteiger partial charge in [0, 0.05) is 12.2 Å². The fourth-order valence-corrected chi connectivity index (χ4v) is 2.77. The Hall–Kier alpha value is -2.56. The predicted octanol–water partition coefficient (Wildman–Crippen LogP) is 2.83. The van der Waals surface area contributed by atoms with E-state index in [0.29, 0.717) is 13.0 Å². The molecule has 1 aliphatic heterocycles. The Morgan fingerprint density at radius 2 is 2.14 bits per heavy atom. The van der Waals surface area contributed by atoms with E-state index in [-0.39, 0.29) is 17.6 Å². The maximum atomic E-state index is 12.5. The molecule has 0 radical (unpaired) electrons. The average molecular weight is 298 g/mol. The second-order valence-corrected chi connectivity index (χ2v) is 5.49. The van der Waals surface area contributed by atoms with E-state index in [1.807, 2.05) is 31.2 Å². The smallest absolute Gasteiger partial charge is 0.290 e. The van der Waals surface area contributed by atoms with Gasteiger partial charge < -0.3 is 14.6 Å². The van der Waals surface area contributed by atoms with Gasteiger partial charge in [-0.05, 0) is 49.6 Å². The molecule has 1 aromatic carbocycles. The quantitative estimate of drug-likeness (QED) is 0.947. The summed E-state index contributed by atoms with van der Waals surface area (Å²) >= 11 is 0. The molecule has 1 aliphatic rings. The van der Waals surface area contributed by atoms with Crippen molar-refractivity contribution < 1.29 is 14.0 Å². The summed E-state index contributed by atoms with van der Waals surface area (Å²) in [6, 6.07) is 10.5. The largest absolute Gasteiger partial charge is 0.459 e. The molecule has 0 spiro atoms. The molecule has 0 bridgehead atoms. The van der Waals surface area contributed by atoms with E-state index in [9.17, 15) is 9.59 Å². The van der Waals surface area contributed by atoms with E-state index < -0.39 is 6.04 Å². The van der Waals surface area contributed by atoms with Crippen LogP contribution in [0.1, 0.15) is 29.0 Å². The van der Waals surface area contributed by atoms with Crippen molar-refractivity contribution in [3.05, 3.63) is 54.0 Å². The van der Waals surface area contributed by atoms with E-state index in [4.69, 9.17) is 4.42 Å². The maximum Gasteiger partial charge on any atom is 0.290 e. The number of likely N-dealkylation sites (tertiary alicyclic amines) is 1. The number of amides is 2. The van der Waals surface area contributed by atoms with Gasteiger partial charge >= 0.3 is 0 Å². The lowest BCUT2D eigenvalue weighted by molar-refractivity contribution is -0.119. The number of nitrogens with zero attached hydrogens (tertiary/aromatic N) is 1. The first-order valence-electron chi connectivity index (χ1n) is 7.37. The van der Waals surface area contributed by atoms with Crippen LogP contribution >= 0.6 is 0 Å². The fourth-order valence-electron chi connectivity index (χ4n) is 2.77. The Kier molecular flexibility index (Phi) is 3.96. The number of nitrogens with one attached hydrogen (secondary N) is 1. The second kappa shape index (κ2) is 6.05. The maximum absolute atomic E-state index is 12.5. The summed E-state index contributed by atoms with van der Waals surface area (Å²) in [5.41, 5.74) is 1.83. The number of hydrogen-bond acceptors (Lipinski definition) is 3. The fraction of sp³-hybridized carbons (Fsp3) is 0.294. The van der Waals surface area contributed by atoms with Gasteiger partial charge in [-0.15, -0.1) is 0 Å². The molecule has 0 saturated carbocycles. The van der Waals surface area contributed by atoms with Crippen LogP contribution in [0.3, 0.4) is 0 Å². The second-order valence-electron chi connectivity index (χ2n) is 5.49. The zero-order valence-corrected chi connectivity index (χ0v) is 12.4. The molecule has 1 aromatic heterocycles. The Balaban J connectivity index is 1.72. The summed E-state index contributed by atoms with van der Waals surface area (Å²) in [4.78, 5) is 26.4. The Bertz CT molecular complexity index is 679. The van der Waals surface area contributed by atoms with Gasteiger partial charge in [0.05, 0.1) is 6.26 Å². The van der Waals surface area contributed by atoms with Gasteiger partial charge in [-0.3, -0.25) is 9.59 Å². The van der Waals surface area contributed by atoms with Gasteiger partial charge in [0.1, 0.15) is 6.04 Å². The van der Waals surface area contributed by atoms with Crippen molar-refractivity contribution in [1.29, 1.82) is 0 Å². The Morgan fingerprint density at radius 1 is 1.27 bits per heavy atom. The SMILES string of the molecule is Cc1cccc(NC(=O)[C@@H]2CCCN2C(=O)c2ccco2)c1. The summed E-state index contributed by atoms with van der Waals surface area (Å²) in [5, 5.41) is 2.89. The van der Waals surface area contributed by atoms with Crippen LogP contribution in [0, 0.1) is 6.92 Å². The van der Waals surface area contributed by atoms with E-state index in [2.05, 4.69) is 5.32 Å². The van der Waals surface area contributed by atoms with Crippen LogP contribution in [0.25, 0.3) is 0 Å². The number of carbonyl (C=O) groups excluding carboxylic acids is 2. The molecule has 3 rings (SSSR count). The van der Waals surface area contributed by atoms with Crippen molar-refractivity contribution in [2.75, 3.05) is 11.9 Å². The van der Waals surface area contributed by atoms with Crippen LogP contribution in [0.2, 0.25) is 0 Å². The summed E-state index contributed by atoms with van der Waals surface area (Å²) in [6.07, 6.45) is 2.95. The van der Waals surface area contributed by atoms with Crippen LogP contribution in [0.5, 0.6) is 0 Å². The molecule has 2 heterocycles. The number of hydrogen-bond donors (Lipinski definition) is 1. The van der Waals surface area contributed by atoms with Crippen LogP contribution < -0.4 is 5.32 Å². The molecule has 5 nitrogen and oxygen atoms in total. The number of rotatable bonds is 3. The minimum atomic E-state index is -0.446. The molecule has 1 atom stereocenters. The molecule has 114 valence electrons. The normalized spacial score (nSPS) is 17.5. The van der Waals surface area contributed by atoms with Crippen molar-refractivity contribution in [3.63, 3.8) is 0 Å².